The number of nitriles is 1. The van der Waals surface area contributed by atoms with Gasteiger partial charge in [0.05, 0.1) is 18.1 Å². The van der Waals surface area contributed by atoms with E-state index in [-0.39, 0.29) is 34.4 Å². The van der Waals surface area contributed by atoms with Crippen LogP contribution in [0.3, 0.4) is 0 Å². The van der Waals surface area contributed by atoms with Crippen LogP contribution in [0.1, 0.15) is 93.4 Å². The van der Waals surface area contributed by atoms with Crippen LogP contribution in [-0.4, -0.2) is 35.4 Å². The summed E-state index contributed by atoms with van der Waals surface area (Å²) in [5.74, 6) is -1.40. The lowest BCUT2D eigenvalue weighted by atomic mass is 9.33. The van der Waals surface area contributed by atoms with Gasteiger partial charge in [0.2, 0.25) is 0 Å². The monoisotopic (exact) mass is 521 g/mol. The maximum atomic E-state index is 14.4. The second-order valence-corrected chi connectivity index (χ2v) is 15.0. The van der Waals surface area contributed by atoms with Crippen molar-refractivity contribution in [2.75, 3.05) is 7.11 Å². The number of allylic oxidation sites excluding steroid dienone is 3. The Morgan fingerprint density at radius 3 is 2.24 bits per heavy atom. The van der Waals surface area contributed by atoms with Crippen molar-refractivity contribution in [3.05, 3.63) is 23.3 Å². The molecule has 6 heteroatoms. The standard InChI is InChI=1S/C32H43NO5/c1-26(2)11-13-31(25(36)38-8)14-12-30(7)29(6)10-9-20-27(3,4)24(35)19(18-33)16-28(20,5)21(29)15-23(34)32(30,37)22(31)17-26/h15-16,20,22,37H,9-14,17H2,1-8H3/t20?,22?,28-,29+,30-,31-,32+/m0/s1. The first-order valence-electron chi connectivity index (χ1n) is 14.2. The molecule has 7 atom stereocenters. The van der Waals surface area contributed by atoms with E-state index in [1.54, 1.807) is 12.2 Å². The van der Waals surface area contributed by atoms with Gasteiger partial charge < -0.3 is 9.84 Å². The zero-order chi connectivity index (χ0) is 28.3. The average Bonchev–Trinajstić information content (AvgIpc) is 2.85. The van der Waals surface area contributed by atoms with Crippen molar-refractivity contribution in [2.24, 2.45) is 44.3 Å². The van der Waals surface area contributed by atoms with E-state index in [4.69, 9.17) is 4.74 Å². The van der Waals surface area contributed by atoms with Crippen molar-refractivity contribution < 1.29 is 24.2 Å². The predicted octanol–water partition coefficient (Wildman–Crippen LogP) is 5.49. The van der Waals surface area contributed by atoms with Gasteiger partial charge in [0, 0.05) is 22.2 Å². The first-order chi connectivity index (χ1) is 17.4. The third-order valence-electron chi connectivity index (χ3n) is 12.6. The second kappa shape index (κ2) is 7.68. The predicted molar refractivity (Wildman–Crippen MR) is 142 cm³/mol. The summed E-state index contributed by atoms with van der Waals surface area (Å²) in [6.45, 7) is 14.4. The highest BCUT2D eigenvalue weighted by Crippen LogP contribution is 2.75. The highest BCUT2D eigenvalue weighted by molar-refractivity contribution is 6.05. The fourth-order valence-electron chi connectivity index (χ4n) is 10.2. The fraction of sp³-hybridized carbons (Fsp3) is 0.750. The molecule has 6 nitrogen and oxygen atoms in total. The van der Waals surface area contributed by atoms with Crippen LogP contribution in [-0.2, 0) is 19.1 Å². The number of aliphatic hydroxyl groups is 1. The Morgan fingerprint density at radius 2 is 1.63 bits per heavy atom. The Labute approximate surface area is 226 Å². The lowest BCUT2D eigenvalue weighted by molar-refractivity contribution is -0.248. The number of esters is 1. The molecule has 0 radical (unpaired) electrons. The summed E-state index contributed by atoms with van der Waals surface area (Å²) in [5.41, 5.74) is -4.44. The highest BCUT2D eigenvalue weighted by atomic mass is 16.5. The molecule has 0 bridgehead atoms. The lowest BCUT2D eigenvalue weighted by Crippen LogP contribution is -2.75. The van der Waals surface area contributed by atoms with Crippen molar-refractivity contribution in [1.29, 1.82) is 5.26 Å². The zero-order valence-corrected chi connectivity index (χ0v) is 24.3. The molecule has 0 saturated heterocycles. The van der Waals surface area contributed by atoms with Crippen molar-refractivity contribution in [3.63, 3.8) is 0 Å². The molecule has 0 heterocycles. The molecule has 3 saturated carbocycles. The molecule has 0 spiro atoms. The molecule has 5 aliphatic rings. The van der Waals surface area contributed by atoms with E-state index in [1.165, 1.54) is 7.11 Å². The Hall–Kier alpha value is -2.26. The minimum absolute atomic E-state index is 0.0621. The topological polar surface area (TPSA) is 104 Å². The number of hydrogen-bond donors (Lipinski definition) is 1. The number of fused-ring (bicyclic) bond motifs is 7. The first-order valence-corrected chi connectivity index (χ1v) is 14.2. The van der Waals surface area contributed by atoms with Gasteiger partial charge in [0.25, 0.3) is 0 Å². The molecule has 206 valence electrons. The maximum absolute atomic E-state index is 14.4. The minimum Gasteiger partial charge on any atom is -0.469 e. The summed E-state index contributed by atoms with van der Waals surface area (Å²) < 4.78 is 5.34. The van der Waals surface area contributed by atoms with E-state index in [1.807, 2.05) is 13.8 Å². The van der Waals surface area contributed by atoms with Gasteiger partial charge in [-0.15, -0.1) is 0 Å². The van der Waals surface area contributed by atoms with Crippen LogP contribution in [0, 0.1) is 55.7 Å². The molecule has 2 unspecified atom stereocenters. The largest absolute Gasteiger partial charge is 0.469 e. The molecule has 1 N–H and O–H groups in total. The molecule has 5 rings (SSSR count). The van der Waals surface area contributed by atoms with Crippen LogP contribution in [0.15, 0.2) is 23.3 Å². The molecule has 5 aliphatic carbocycles. The van der Waals surface area contributed by atoms with Crippen LogP contribution < -0.4 is 0 Å². The molecule has 0 aromatic heterocycles. The third-order valence-corrected chi connectivity index (χ3v) is 12.6. The molecule has 3 fully saturated rings. The molecular weight excluding hydrogens is 478 g/mol. The van der Waals surface area contributed by atoms with Gasteiger partial charge in [0.1, 0.15) is 11.7 Å². The molecule has 0 aromatic carbocycles. The van der Waals surface area contributed by atoms with Gasteiger partial charge >= 0.3 is 5.97 Å². The first kappa shape index (κ1) is 27.3. The second-order valence-electron chi connectivity index (χ2n) is 15.0. The van der Waals surface area contributed by atoms with Crippen molar-refractivity contribution in [2.45, 2.75) is 99.0 Å². The van der Waals surface area contributed by atoms with Gasteiger partial charge in [-0.05, 0) is 73.3 Å². The highest BCUT2D eigenvalue weighted by Gasteiger charge is 2.77. The minimum atomic E-state index is -1.72. The van der Waals surface area contributed by atoms with Crippen LogP contribution >= 0.6 is 0 Å². The summed E-state index contributed by atoms with van der Waals surface area (Å²) in [6.07, 6.45) is 8.02. The number of carbonyl (C=O) groups is 3. The molecular formula is C32H43NO5. The van der Waals surface area contributed by atoms with E-state index < -0.39 is 38.6 Å². The average molecular weight is 522 g/mol. The number of ether oxygens (including phenoxy) is 1. The van der Waals surface area contributed by atoms with Crippen LogP contribution in [0.4, 0.5) is 0 Å². The number of carbonyl (C=O) groups excluding carboxylic acids is 3. The summed E-state index contributed by atoms with van der Waals surface area (Å²) >= 11 is 0. The van der Waals surface area contributed by atoms with Crippen molar-refractivity contribution in [3.8, 4) is 6.07 Å². The third kappa shape index (κ3) is 2.90. The summed E-state index contributed by atoms with van der Waals surface area (Å²) in [5, 5.41) is 22.7. The normalized spacial score (nSPS) is 46.7. The Balaban J connectivity index is 1.75. The van der Waals surface area contributed by atoms with Gasteiger partial charge in [-0.3, -0.25) is 14.4 Å². The lowest BCUT2D eigenvalue weighted by Gasteiger charge is -2.71. The van der Waals surface area contributed by atoms with Crippen molar-refractivity contribution >= 4 is 17.5 Å². The van der Waals surface area contributed by atoms with E-state index in [9.17, 15) is 24.8 Å². The number of ketones is 2. The molecule has 0 amide bonds. The zero-order valence-electron chi connectivity index (χ0n) is 24.3. The van der Waals surface area contributed by atoms with Gasteiger partial charge in [0.15, 0.2) is 11.6 Å². The molecule has 0 aromatic rings. The Morgan fingerprint density at radius 1 is 1.00 bits per heavy atom. The number of rotatable bonds is 1. The fourth-order valence-corrected chi connectivity index (χ4v) is 10.2. The number of hydrogen-bond acceptors (Lipinski definition) is 6. The van der Waals surface area contributed by atoms with Gasteiger partial charge in [-0.25, -0.2) is 0 Å². The molecule has 38 heavy (non-hydrogen) atoms. The van der Waals surface area contributed by atoms with E-state index in [0.717, 1.165) is 24.8 Å². The van der Waals surface area contributed by atoms with Crippen molar-refractivity contribution in [1.82, 2.24) is 0 Å². The Kier molecular flexibility index (Phi) is 5.52. The van der Waals surface area contributed by atoms with Gasteiger partial charge in [-0.1, -0.05) is 54.5 Å². The number of methoxy groups -OCH3 is 1. The van der Waals surface area contributed by atoms with E-state index in [2.05, 4.69) is 40.7 Å². The quantitative estimate of drug-likeness (QED) is 0.457. The van der Waals surface area contributed by atoms with E-state index in [0.29, 0.717) is 25.7 Å². The SMILES string of the molecule is COC(=O)[C@]12CCC(C)(C)CC1[C@@]1(O)C(=O)C=C3[C@@]4(C)C=C(C#N)C(=O)C(C)(C)C4CC[C@@]3(C)[C@]1(C)CC2. The summed E-state index contributed by atoms with van der Waals surface area (Å²) in [6, 6.07) is 2.13. The van der Waals surface area contributed by atoms with Gasteiger partial charge in [-0.2, -0.15) is 5.26 Å². The van der Waals surface area contributed by atoms with E-state index >= 15 is 0 Å². The smallest absolute Gasteiger partial charge is 0.312 e. The summed E-state index contributed by atoms with van der Waals surface area (Å²) in [4.78, 5) is 41.0. The molecule has 0 aliphatic heterocycles. The summed E-state index contributed by atoms with van der Waals surface area (Å²) in [7, 11) is 1.40. The van der Waals surface area contributed by atoms with Crippen LogP contribution in [0.5, 0.6) is 0 Å². The van der Waals surface area contributed by atoms with Crippen LogP contribution in [0.25, 0.3) is 0 Å². The number of nitrogens with zero attached hydrogens (tertiary/aromatic N) is 1. The maximum Gasteiger partial charge on any atom is 0.312 e. The number of Topliss-reactive ketones (excluding diaryl/α,β-unsaturated/α-hetero) is 1. The van der Waals surface area contributed by atoms with Crippen LogP contribution in [0.2, 0.25) is 0 Å². The Bertz CT molecular complexity index is 1250.